The lowest BCUT2D eigenvalue weighted by Crippen LogP contribution is -2.45. The fourth-order valence-electron chi connectivity index (χ4n) is 8.31. The van der Waals surface area contributed by atoms with Gasteiger partial charge in [-0.05, 0) is 127 Å². The van der Waals surface area contributed by atoms with Crippen LogP contribution in [-0.2, 0) is 11.8 Å². The number of amides is 1. The van der Waals surface area contributed by atoms with Crippen LogP contribution in [0.5, 0.6) is 0 Å². The number of alkyl halides is 3. The fraction of sp³-hybridized carbons (Fsp3) is 0.629. The van der Waals surface area contributed by atoms with E-state index in [0.29, 0.717) is 28.5 Å². The summed E-state index contributed by atoms with van der Waals surface area (Å²) in [6.45, 7) is 6.78. The topological polar surface area (TPSA) is 78.4 Å². The van der Waals surface area contributed by atoms with E-state index in [1.54, 1.807) is 37.3 Å². The van der Waals surface area contributed by atoms with E-state index in [1.807, 2.05) is 0 Å². The largest absolute Gasteiger partial charge is 0.433 e. The average Bonchev–Trinajstić information content (AvgIpc) is 3.39. The monoisotopic (exact) mass is 642 g/mol. The van der Waals surface area contributed by atoms with E-state index in [9.17, 15) is 23.1 Å². The average molecular weight is 643 g/mol. The third-order valence-electron chi connectivity index (χ3n) is 10.7. The second kappa shape index (κ2) is 12.2. The van der Waals surface area contributed by atoms with Crippen LogP contribution in [0.15, 0.2) is 30.3 Å². The number of aromatic nitrogens is 2. The van der Waals surface area contributed by atoms with Gasteiger partial charge in [0, 0.05) is 29.8 Å². The van der Waals surface area contributed by atoms with Gasteiger partial charge < -0.3 is 15.3 Å². The summed E-state index contributed by atoms with van der Waals surface area (Å²) in [7, 11) is 2.32. The molecule has 6 nitrogen and oxygen atoms in total. The highest BCUT2D eigenvalue weighted by atomic mass is 32.1. The highest BCUT2D eigenvalue weighted by Gasteiger charge is 2.44. The summed E-state index contributed by atoms with van der Waals surface area (Å²) >= 11 is 1.59. The highest BCUT2D eigenvalue weighted by molar-refractivity contribution is 7.18. The van der Waals surface area contributed by atoms with E-state index in [-0.39, 0.29) is 5.69 Å². The first-order valence-corrected chi connectivity index (χ1v) is 17.2. The third-order valence-corrected chi connectivity index (χ3v) is 11.8. The zero-order chi connectivity index (χ0) is 32.1. The Morgan fingerprint density at radius 3 is 2.38 bits per heavy atom. The van der Waals surface area contributed by atoms with Crippen LogP contribution in [0.25, 0.3) is 10.2 Å². The van der Waals surface area contributed by atoms with Crippen molar-refractivity contribution < 1.29 is 23.1 Å². The minimum Gasteiger partial charge on any atom is -0.386 e. The Balaban J connectivity index is 1.10. The van der Waals surface area contributed by atoms with Crippen LogP contribution < -0.4 is 5.32 Å². The lowest BCUT2D eigenvalue weighted by Gasteiger charge is -2.52. The predicted molar refractivity (Wildman–Crippen MR) is 172 cm³/mol. The van der Waals surface area contributed by atoms with E-state index >= 15 is 0 Å². The summed E-state index contributed by atoms with van der Waals surface area (Å²) in [5.41, 5.74) is -0.597. The van der Waals surface area contributed by atoms with E-state index in [1.165, 1.54) is 64.0 Å². The number of rotatable bonds is 7. The number of anilines is 1. The van der Waals surface area contributed by atoms with Gasteiger partial charge in [-0.25, -0.2) is 9.97 Å². The zero-order valence-electron chi connectivity index (χ0n) is 26.7. The Kier molecular flexibility index (Phi) is 8.80. The fourth-order valence-corrected chi connectivity index (χ4v) is 9.47. The van der Waals surface area contributed by atoms with Crippen molar-refractivity contribution in [3.63, 3.8) is 0 Å². The number of carbonyl (C=O) groups is 1. The van der Waals surface area contributed by atoms with Gasteiger partial charge in [-0.15, -0.1) is 11.3 Å². The van der Waals surface area contributed by atoms with E-state index in [0.717, 1.165) is 52.2 Å². The van der Waals surface area contributed by atoms with Gasteiger partial charge in [-0.3, -0.25) is 4.79 Å². The van der Waals surface area contributed by atoms with Crippen molar-refractivity contribution in [1.82, 2.24) is 14.9 Å². The molecule has 3 fully saturated rings. The van der Waals surface area contributed by atoms with Crippen molar-refractivity contribution in [2.75, 3.05) is 18.9 Å². The summed E-state index contributed by atoms with van der Waals surface area (Å²) < 4.78 is 40.4. The number of nitrogens with one attached hydrogen (secondary N) is 1. The van der Waals surface area contributed by atoms with Gasteiger partial charge in [0.15, 0.2) is 0 Å². The molecule has 0 aliphatic heterocycles. The molecule has 3 aliphatic rings. The lowest BCUT2D eigenvalue weighted by molar-refractivity contribution is -0.141. The molecule has 0 atom stereocenters. The Bertz CT molecular complexity index is 1520. The molecular weight excluding hydrogens is 597 g/mol. The van der Waals surface area contributed by atoms with Gasteiger partial charge >= 0.3 is 6.18 Å². The molecule has 1 amide bonds. The SMILES string of the molecule is CC1CC2(CCC(N(C)CC3CCC(c4nc5cc(C(C)(C)O)c(NC(=O)c6cccc(C(F)(F)F)n6)cc5s4)CC3)CC2)C1. The Hall–Kier alpha value is -2.56. The van der Waals surface area contributed by atoms with Crippen molar-refractivity contribution in [2.24, 2.45) is 17.3 Å². The molecular formula is C35H45F3N4O2S. The van der Waals surface area contributed by atoms with Crippen molar-refractivity contribution in [2.45, 2.75) is 109 Å². The maximum absolute atomic E-state index is 13.2. The number of hydrogen-bond donors (Lipinski definition) is 2. The summed E-state index contributed by atoms with van der Waals surface area (Å²) in [6, 6.07) is 7.51. The molecule has 3 saturated carbocycles. The predicted octanol–water partition coefficient (Wildman–Crippen LogP) is 8.75. The van der Waals surface area contributed by atoms with E-state index in [2.05, 4.69) is 29.2 Å². The number of pyridine rings is 1. The summed E-state index contributed by atoms with van der Waals surface area (Å²) in [5.74, 6) is 1.22. The van der Waals surface area contributed by atoms with Crippen molar-refractivity contribution in [3.05, 3.63) is 52.3 Å². The molecule has 3 aromatic rings. The molecule has 2 N–H and O–H groups in total. The molecule has 2 aromatic heterocycles. The Morgan fingerprint density at radius 2 is 1.76 bits per heavy atom. The first-order chi connectivity index (χ1) is 21.2. The summed E-state index contributed by atoms with van der Waals surface area (Å²) in [5, 5.41) is 14.7. The van der Waals surface area contributed by atoms with Gasteiger partial charge in [0.1, 0.15) is 11.4 Å². The number of carbonyl (C=O) groups excluding carboxylic acids is 1. The van der Waals surface area contributed by atoms with Crippen molar-refractivity contribution in [1.29, 1.82) is 0 Å². The first kappa shape index (κ1) is 32.4. The standard InChI is InChI=1S/C35H45F3N4O2S/c1-21-18-34(19-21)14-12-24(13-15-34)42(4)20-22-8-10-23(11-9-22)32-41-28-16-25(33(2,3)44)27(17-29(28)45-32)40-31(43)26-6-5-7-30(39-26)35(36,37)38/h5-7,16-17,21-24,44H,8-15,18-20H2,1-4H3,(H,40,43). The van der Waals surface area contributed by atoms with Crippen LogP contribution in [0.2, 0.25) is 0 Å². The van der Waals surface area contributed by atoms with Crippen molar-refractivity contribution in [3.8, 4) is 0 Å². The number of hydrogen-bond acceptors (Lipinski definition) is 6. The van der Waals surface area contributed by atoms with Crippen LogP contribution in [0.1, 0.15) is 118 Å². The van der Waals surface area contributed by atoms with Crippen LogP contribution in [-0.4, -0.2) is 45.5 Å². The molecule has 0 bridgehead atoms. The molecule has 0 radical (unpaired) electrons. The second-order valence-electron chi connectivity index (χ2n) is 14.7. The van der Waals surface area contributed by atoms with Gasteiger partial charge in [0.2, 0.25) is 0 Å². The van der Waals surface area contributed by atoms with Gasteiger partial charge in [-0.1, -0.05) is 13.0 Å². The lowest BCUT2D eigenvalue weighted by atomic mass is 9.56. The molecule has 3 aliphatic carbocycles. The molecule has 45 heavy (non-hydrogen) atoms. The quantitative estimate of drug-likeness (QED) is 0.270. The molecule has 6 rings (SSSR count). The summed E-state index contributed by atoms with van der Waals surface area (Å²) in [6.07, 6.45) is 8.25. The molecule has 1 spiro atoms. The minimum atomic E-state index is -4.66. The first-order valence-electron chi connectivity index (χ1n) is 16.4. The van der Waals surface area contributed by atoms with E-state index in [4.69, 9.17) is 4.98 Å². The third kappa shape index (κ3) is 7.08. The molecule has 0 saturated heterocycles. The molecule has 244 valence electrons. The highest BCUT2D eigenvalue weighted by Crippen LogP contribution is 2.55. The normalized spacial score (nSPS) is 27.6. The summed E-state index contributed by atoms with van der Waals surface area (Å²) in [4.78, 5) is 24.1. The van der Waals surface area contributed by atoms with Crippen LogP contribution in [0.4, 0.5) is 18.9 Å². The van der Waals surface area contributed by atoms with Gasteiger partial charge in [0.25, 0.3) is 5.91 Å². The molecule has 2 heterocycles. The maximum Gasteiger partial charge on any atom is 0.433 e. The smallest absolute Gasteiger partial charge is 0.386 e. The van der Waals surface area contributed by atoms with Crippen molar-refractivity contribution >= 4 is 33.1 Å². The second-order valence-corrected chi connectivity index (χ2v) is 15.8. The number of aliphatic hydroxyl groups is 1. The maximum atomic E-state index is 13.2. The van der Waals surface area contributed by atoms with E-state index < -0.39 is 23.4 Å². The Labute approximate surface area is 267 Å². The molecule has 10 heteroatoms. The zero-order valence-corrected chi connectivity index (χ0v) is 27.5. The number of thiazole rings is 1. The number of nitrogens with zero attached hydrogens (tertiary/aromatic N) is 3. The van der Waals surface area contributed by atoms with Gasteiger partial charge in [-0.2, -0.15) is 13.2 Å². The number of fused-ring (bicyclic) bond motifs is 1. The number of halogens is 3. The molecule has 0 unspecified atom stereocenters. The minimum absolute atomic E-state index is 0.335. The van der Waals surface area contributed by atoms with Crippen LogP contribution in [0, 0.1) is 17.3 Å². The molecule has 1 aromatic carbocycles. The van der Waals surface area contributed by atoms with Gasteiger partial charge in [0.05, 0.1) is 20.8 Å². The Morgan fingerprint density at radius 1 is 1.07 bits per heavy atom. The van der Waals surface area contributed by atoms with Crippen LogP contribution >= 0.6 is 11.3 Å². The number of benzene rings is 1. The van der Waals surface area contributed by atoms with Crippen LogP contribution in [0.3, 0.4) is 0 Å².